The number of hydrogen-bond donors (Lipinski definition) is 4. The lowest BCUT2D eigenvalue weighted by molar-refractivity contribution is 0.0657. The predicted octanol–water partition coefficient (Wildman–Crippen LogP) is 2.10. The smallest absolute Gasteiger partial charge is 0.251 e. The van der Waals surface area contributed by atoms with E-state index in [2.05, 4.69) is 20.9 Å². The first kappa shape index (κ1) is 23.3. The number of hydrogen-bond acceptors (Lipinski definition) is 5. The highest BCUT2D eigenvalue weighted by molar-refractivity contribution is 5.94. The molecule has 0 spiro atoms. The maximum atomic E-state index is 12.2. The van der Waals surface area contributed by atoms with Crippen molar-refractivity contribution < 1.29 is 19.1 Å². The summed E-state index contributed by atoms with van der Waals surface area (Å²) in [5.41, 5.74) is 0.150. The number of nitrogens with zero attached hydrogens (tertiary/aromatic N) is 1. The molecular weight excluding hydrogens is 384 g/mol. The number of carbonyl (C=O) groups excluding carboxylic acids is 1. The zero-order chi connectivity index (χ0) is 22.1. The van der Waals surface area contributed by atoms with Crippen molar-refractivity contribution in [2.24, 2.45) is 4.99 Å². The molecule has 1 amide bonds. The number of nitrogens with one attached hydrogen (secondary N) is 3. The van der Waals surface area contributed by atoms with Crippen molar-refractivity contribution in [1.29, 1.82) is 0 Å². The van der Waals surface area contributed by atoms with Crippen molar-refractivity contribution in [3.8, 4) is 5.75 Å². The molecule has 1 aromatic carbocycles. The van der Waals surface area contributed by atoms with Gasteiger partial charge in [0.2, 0.25) is 0 Å². The van der Waals surface area contributed by atoms with Crippen LogP contribution < -0.4 is 20.7 Å². The van der Waals surface area contributed by atoms with Gasteiger partial charge < -0.3 is 30.2 Å². The number of benzene rings is 1. The van der Waals surface area contributed by atoms with Gasteiger partial charge in [0.05, 0.1) is 13.7 Å². The summed E-state index contributed by atoms with van der Waals surface area (Å²) in [6.45, 7) is 9.11. The van der Waals surface area contributed by atoms with Crippen LogP contribution in [0.3, 0.4) is 0 Å². The summed E-state index contributed by atoms with van der Waals surface area (Å²) in [5.74, 6) is 2.55. The molecule has 0 saturated carbocycles. The Kier molecular flexibility index (Phi) is 8.29. The van der Waals surface area contributed by atoms with Crippen molar-refractivity contribution in [1.82, 2.24) is 16.0 Å². The maximum Gasteiger partial charge on any atom is 0.251 e. The molecule has 8 nitrogen and oxygen atoms in total. The molecule has 0 saturated heterocycles. The SMILES string of the molecule is CCNC(=NCC(C)(O)c1cc(C)oc1C)NCCNC(=O)c1ccc(OC)cc1. The molecule has 1 unspecified atom stereocenters. The fourth-order valence-corrected chi connectivity index (χ4v) is 3.03. The number of aryl methyl sites for hydroxylation is 2. The third-order valence-electron chi connectivity index (χ3n) is 4.57. The van der Waals surface area contributed by atoms with Gasteiger partial charge in [-0.1, -0.05) is 0 Å². The highest BCUT2D eigenvalue weighted by Crippen LogP contribution is 2.27. The Morgan fingerprint density at radius 2 is 1.83 bits per heavy atom. The van der Waals surface area contributed by atoms with Gasteiger partial charge in [-0.3, -0.25) is 4.79 Å². The normalized spacial score (nSPS) is 13.5. The average molecular weight is 417 g/mol. The van der Waals surface area contributed by atoms with Gasteiger partial charge in [0.25, 0.3) is 5.91 Å². The summed E-state index contributed by atoms with van der Waals surface area (Å²) in [6.07, 6.45) is 0. The Balaban J connectivity index is 1.87. The number of guanidine groups is 1. The van der Waals surface area contributed by atoms with Crippen LogP contribution in [0.1, 0.15) is 41.3 Å². The molecule has 0 fully saturated rings. The molecule has 164 valence electrons. The van der Waals surface area contributed by atoms with Crippen LogP contribution >= 0.6 is 0 Å². The van der Waals surface area contributed by atoms with E-state index in [0.717, 1.165) is 11.3 Å². The van der Waals surface area contributed by atoms with E-state index in [1.807, 2.05) is 26.8 Å². The van der Waals surface area contributed by atoms with Gasteiger partial charge in [0.15, 0.2) is 5.96 Å². The fraction of sp³-hybridized carbons (Fsp3) is 0.455. The summed E-state index contributed by atoms with van der Waals surface area (Å²) < 4.78 is 10.6. The maximum absolute atomic E-state index is 12.2. The Hall–Kier alpha value is -3.00. The molecule has 4 N–H and O–H groups in total. The standard InChI is InChI=1S/C22H32N4O4/c1-6-23-21(26-14-22(4,28)19-13-15(2)30-16(19)3)25-12-11-24-20(27)17-7-9-18(29-5)10-8-17/h7-10,13,28H,6,11-12,14H2,1-5H3,(H,24,27)(H2,23,25,26). The zero-order valence-corrected chi connectivity index (χ0v) is 18.3. The van der Waals surface area contributed by atoms with Crippen LogP contribution in [-0.4, -0.2) is 50.3 Å². The molecule has 1 aromatic heterocycles. The molecule has 1 heterocycles. The highest BCUT2D eigenvalue weighted by atomic mass is 16.5. The monoisotopic (exact) mass is 416 g/mol. The molecule has 2 aromatic rings. The third-order valence-corrected chi connectivity index (χ3v) is 4.57. The summed E-state index contributed by atoms with van der Waals surface area (Å²) in [7, 11) is 1.58. The van der Waals surface area contributed by atoms with Crippen LogP contribution in [-0.2, 0) is 5.60 Å². The van der Waals surface area contributed by atoms with Crippen molar-refractivity contribution in [2.45, 2.75) is 33.3 Å². The number of amides is 1. The van der Waals surface area contributed by atoms with Crippen LogP contribution in [0.2, 0.25) is 0 Å². The summed E-state index contributed by atoms with van der Waals surface area (Å²) >= 11 is 0. The minimum atomic E-state index is -1.15. The van der Waals surface area contributed by atoms with E-state index in [9.17, 15) is 9.90 Å². The first-order valence-corrected chi connectivity index (χ1v) is 10.0. The molecule has 8 heteroatoms. The van der Waals surface area contributed by atoms with Crippen molar-refractivity contribution in [2.75, 3.05) is 33.3 Å². The second-order valence-corrected chi connectivity index (χ2v) is 7.21. The molecule has 0 aliphatic carbocycles. The lowest BCUT2D eigenvalue weighted by atomic mass is 9.96. The lowest BCUT2D eigenvalue weighted by Crippen LogP contribution is -2.42. The lowest BCUT2D eigenvalue weighted by Gasteiger charge is -2.21. The van der Waals surface area contributed by atoms with Crippen molar-refractivity contribution >= 4 is 11.9 Å². The van der Waals surface area contributed by atoms with E-state index in [1.54, 1.807) is 38.3 Å². The Labute approximate surface area is 177 Å². The van der Waals surface area contributed by atoms with Crippen LogP contribution in [0.15, 0.2) is 39.7 Å². The van der Waals surface area contributed by atoms with Gasteiger partial charge >= 0.3 is 0 Å². The zero-order valence-electron chi connectivity index (χ0n) is 18.3. The fourth-order valence-electron chi connectivity index (χ4n) is 3.03. The molecule has 30 heavy (non-hydrogen) atoms. The first-order chi connectivity index (χ1) is 14.3. The third kappa shape index (κ3) is 6.52. The Bertz CT molecular complexity index is 857. The highest BCUT2D eigenvalue weighted by Gasteiger charge is 2.27. The van der Waals surface area contributed by atoms with E-state index in [1.165, 1.54) is 0 Å². The Morgan fingerprint density at radius 3 is 2.40 bits per heavy atom. The number of furan rings is 1. The first-order valence-electron chi connectivity index (χ1n) is 10.0. The van der Waals surface area contributed by atoms with Gasteiger partial charge in [0, 0.05) is 30.8 Å². The van der Waals surface area contributed by atoms with E-state index in [0.29, 0.717) is 42.7 Å². The molecule has 0 bridgehead atoms. The van der Waals surface area contributed by atoms with Gasteiger partial charge in [-0.05, 0) is 58.0 Å². The van der Waals surface area contributed by atoms with Gasteiger partial charge in [-0.15, -0.1) is 0 Å². The number of carbonyl (C=O) groups is 1. The van der Waals surface area contributed by atoms with Gasteiger partial charge in [-0.2, -0.15) is 0 Å². The van der Waals surface area contributed by atoms with Crippen molar-refractivity contribution in [3.05, 3.63) is 53.0 Å². The molecule has 0 aliphatic heterocycles. The number of ether oxygens (including phenoxy) is 1. The minimum Gasteiger partial charge on any atom is -0.497 e. The average Bonchev–Trinajstić information content (AvgIpc) is 3.08. The summed E-state index contributed by atoms with van der Waals surface area (Å²) in [6, 6.07) is 8.76. The van der Waals surface area contributed by atoms with Crippen LogP contribution in [0.5, 0.6) is 5.75 Å². The Morgan fingerprint density at radius 1 is 1.17 bits per heavy atom. The van der Waals surface area contributed by atoms with E-state index < -0.39 is 5.60 Å². The number of aliphatic imine (C=N–C) groups is 1. The van der Waals surface area contributed by atoms with E-state index >= 15 is 0 Å². The second kappa shape index (κ2) is 10.7. The van der Waals surface area contributed by atoms with E-state index in [-0.39, 0.29) is 12.5 Å². The quantitative estimate of drug-likeness (QED) is 0.283. The predicted molar refractivity (Wildman–Crippen MR) is 117 cm³/mol. The number of methoxy groups -OCH3 is 1. The van der Waals surface area contributed by atoms with E-state index in [4.69, 9.17) is 9.15 Å². The molecule has 0 radical (unpaired) electrons. The van der Waals surface area contributed by atoms with Crippen LogP contribution in [0, 0.1) is 13.8 Å². The van der Waals surface area contributed by atoms with Gasteiger partial charge in [0.1, 0.15) is 22.9 Å². The summed E-state index contributed by atoms with van der Waals surface area (Å²) in [4.78, 5) is 16.7. The molecule has 2 rings (SSSR count). The molecule has 1 atom stereocenters. The number of rotatable bonds is 9. The minimum absolute atomic E-state index is 0.157. The van der Waals surface area contributed by atoms with Crippen molar-refractivity contribution in [3.63, 3.8) is 0 Å². The topological polar surface area (TPSA) is 108 Å². The number of aliphatic hydroxyl groups is 1. The second-order valence-electron chi connectivity index (χ2n) is 7.21. The van der Waals surface area contributed by atoms with Gasteiger partial charge in [-0.25, -0.2) is 4.99 Å². The molecular formula is C22H32N4O4. The van der Waals surface area contributed by atoms with Crippen LogP contribution in [0.4, 0.5) is 0 Å². The van der Waals surface area contributed by atoms with Crippen LogP contribution in [0.25, 0.3) is 0 Å². The molecule has 0 aliphatic rings. The largest absolute Gasteiger partial charge is 0.497 e. The summed E-state index contributed by atoms with van der Waals surface area (Å²) in [5, 5.41) is 20.0.